The summed E-state index contributed by atoms with van der Waals surface area (Å²) in [5.41, 5.74) is 2.22. The summed E-state index contributed by atoms with van der Waals surface area (Å²) in [5.74, 6) is 0.135. The number of hydrogen-bond acceptors (Lipinski definition) is 5. The van der Waals surface area contributed by atoms with Gasteiger partial charge in [0.05, 0.1) is 6.04 Å². The molecule has 0 saturated carbocycles. The molecule has 1 heterocycles. The summed E-state index contributed by atoms with van der Waals surface area (Å²) in [6.45, 7) is 3.78. The van der Waals surface area contributed by atoms with Crippen molar-refractivity contribution in [2.45, 2.75) is 32.9 Å². The van der Waals surface area contributed by atoms with Crippen molar-refractivity contribution in [3.63, 3.8) is 0 Å². The van der Waals surface area contributed by atoms with Gasteiger partial charge in [-0.05, 0) is 48.7 Å². The van der Waals surface area contributed by atoms with Crippen LogP contribution in [0.3, 0.4) is 0 Å². The van der Waals surface area contributed by atoms with Crippen LogP contribution in [0.25, 0.3) is 0 Å². The van der Waals surface area contributed by atoms with Crippen molar-refractivity contribution >= 4 is 11.9 Å². The predicted molar refractivity (Wildman–Crippen MR) is 112 cm³/mol. The van der Waals surface area contributed by atoms with Gasteiger partial charge in [-0.25, -0.2) is 4.79 Å². The average Bonchev–Trinajstić information content (AvgIpc) is 3.26. The lowest BCUT2D eigenvalue weighted by molar-refractivity contribution is -0.124. The van der Waals surface area contributed by atoms with Crippen LogP contribution in [-0.2, 0) is 22.6 Å². The summed E-state index contributed by atoms with van der Waals surface area (Å²) < 4.78 is 16.1. The Kier molecular flexibility index (Phi) is 7.27. The largest absolute Gasteiger partial charge is 0.486 e. The normalized spacial score (nSPS) is 11.5. The molecule has 3 aromatic rings. The van der Waals surface area contributed by atoms with Crippen LogP contribution in [0.5, 0.6) is 5.75 Å². The van der Waals surface area contributed by atoms with E-state index in [0.717, 1.165) is 12.0 Å². The fourth-order valence-corrected chi connectivity index (χ4v) is 2.85. The topological polar surface area (TPSA) is 77.8 Å². The van der Waals surface area contributed by atoms with E-state index >= 15 is 0 Å². The van der Waals surface area contributed by atoms with Gasteiger partial charge in [-0.1, -0.05) is 49.4 Å². The highest BCUT2D eigenvalue weighted by molar-refractivity contribution is 5.88. The van der Waals surface area contributed by atoms with E-state index in [0.29, 0.717) is 11.5 Å². The molecule has 0 spiro atoms. The SMILES string of the molecule is CCc1ccc(C(C)NC(=O)COC(=O)c2ccc(COc3ccccc3)o2)cc1. The van der Waals surface area contributed by atoms with Crippen molar-refractivity contribution in [1.82, 2.24) is 5.32 Å². The van der Waals surface area contributed by atoms with Gasteiger partial charge in [-0.15, -0.1) is 0 Å². The molecule has 0 saturated heterocycles. The number of nitrogens with one attached hydrogen (secondary N) is 1. The first-order valence-corrected chi connectivity index (χ1v) is 9.87. The number of esters is 1. The Hall–Kier alpha value is -3.54. The minimum Gasteiger partial charge on any atom is -0.486 e. The maximum Gasteiger partial charge on any atom is 0.374 e. The maximum absolute atomic E-state index is 12.1. The summed E-state index contributed by atoms with van der Waals surface area (Å²) >= 11 is 0. The van der Waals surface area contributed by atoms with E-state index < -0.39 is 5.97 Å². The van der Waals surface area contributed by atoms with Crippen molar-refractivity contribution < 1.29 is 23.5 Å². The van der Waals surface area contributed by atoms with E-state index in [1.54, 1.807) is 6.07 Å². The number of carbonyl (C=O) groups excluding carboxylic acids is 2. The molecule has 1 unspecified atom stereocenters. The maximum atomic E-state index is 12.1. The molecule has 1 atom stereocenters. The molecule has 3 rings (SSSR count). The van der Waals surface area contributed by atoms with E-state index in [-0.39, 0.29) is 30.9 Å². The van der Waals surface area contributed by atoms with E-state index in [9.17, 15) is 9.59 Å². The second kappa shape index (κ2) is 10.3. The Bertz CT molecular complexity index is 963. The molecule has 156 valence electrons. The summed E-state index contributed by atoms with van der Waals surface area (Å²) in [4.78, 5) is 24.2. The molecule has 1 amide bonds. The van der Waals surface area contributed by atoms with Gasteiger partial charge in [-0.3, -0.25) is 4.79 Å². The quantitative estimate of drug-likeness (QED) is 0.530. The second-order valence-electron chi connectivity index (χ2n) is 6.83. The zero-order valence-corrected chi connectivity index (χ0v) is 17.1. The van der Waals surface area contributed by atoms with Crippen molar-refractivity contribution in [1.29, 1.82) is 0 Å². The zero-order chi connectivity index (χ0) is 21.3. The third-order valence-corrected chi connectivity index (χ3v) is 4.59. The molecule has 30 heavy (non-hydrogen) atoms. The van der Waals surface area contributed by atoms with Crippen LogP contribution >= 0.6 is 0 Å². The van der Waals surface area contributed by atoms with Gasteiger partial charge in [0.2, 0.25) is 5.76 Å². The Morgan fingerprint density at radius 2 is 1.73 bits per heavy atom. The molecule has 0 bridgehead atoms. The van der Waals surface area contributed by atoms with Gasteiger partial charge >= 0.3 is 5.97 Å². The van der Waals surface area contributed by atoms with Crippen LogP contribution in [0, 0.1) is 0 Å². The molecule has 0 aliphatic carbocycles. The number of amides is 1. The number of furan rings is 1. The Morgan fingerprint density at radius 3 is 2.43 bits per heavy atom. The first-order chi connectivity index (χ1) is 14.5. The monoisotopic (exact) mass is 407 g/mol. The van der Waals surface area contributed by atoms with Crippen LogP contribution < -0.4 is 10.1 Å². The van der Waals surface area contributed by atoms with Crippen molar-refractivity contribution in [3.05, 3.63) is 89.4 Å². The highest BCUT2D eigenvalue weighted by Crippen LogP contribution is 2.15. The summed E-state index contributed by atoms with van der Waals surface area (Å²) in [6, 6.07) is 20.3. The van der Waals surface area contributed by atoms with Crippen molar-refractivity contribution in [3.8, 4) is 5.75 Å². The Morgan fingerprint density at radius 1 is 1.00 bits per heavy atom. The fourth-order valence-electron chi connectivity index (χ4n) is 2.85. The van der Waals surface area contributed by atoms with Crippen LogP contribution in [0.1, 0.15) is 47.3 Å². The third-order valence-electron chi connectivity index (χ3n) is 4.59. The lowest BCUT2D eigenvalue weighted by atomic mass is 10.1. The van der Waals surface area contributed by atoms with Crippen LogP contribution in [0.2, 0.25) is 0 Å². The minimum absolute atomic E-state index is 0.0256. The predicted octanol–water partition coefficient (Wildman–Crippen LogP) is 4.46. The molecule has 0 aliphatic rings. The van der Waals surface area contributed by atoms with Gasteiger partial charge in [0.15, 0.2) is 6.61 Å². The van der Waals surface area contributed by atoms with Crippen molar-refractivity contribution in [2.24, 2.45) is 0 Å². The molecule has 2 aromatic carbocycles. The van der Waals surface area contributed by atoms with Crippen LogP contribution in [0.4, 0.5) is 0 Å². The number of hydrogen-bond donors (Lipinski definition) is 1. The fraction of sp³-hybridized carbons (Fsp3) is 0.250. The van der Waals surface area contributed by atoms with Crippen LogP contribution in [-0.4, -0.2) is 18.5 Å². The lowest BCUT2D eigenvalue weighted by Gasteiger charge is -2.14. The van der Waals surface area contributed by atoms with Gasteiger partial charge in [-0.2, -0.15) is 0 Å². The number of para-hydroxylation sites is 1. The standard InChI is InChI=1S/C24H25NO5/c1-3-18-9-11-19(12-10-18)17(2)25-23(26)16-29-24(27)22-14-13-21(30-22)15-28-20-7-5-4-6-8-20/h4-14,17H,3,15-16H2,1-2H3,(H,25,26). The molecule has 0 radical (unpaired) electrons. The Labute approximate surface area is 175 Å². The minimum atomic E-state index is -0.698. The average molecular weight is 407 g/mol. The van der Waals surface area contributed by atoms with E-state index in [4.69, 9.17) is 13.9 Å². The molecule has 6 nitrogen and oxygen atoms in total. The summed E-state index contributed by atoms with van der Waals surface area (Å²) in [6.07, 6.45) is 0.962. The lowest BCUT2D eigenvalue weighted by Crippen LogP contribution is -2.31. The molecule has 0 fully saturated rings. The van der Waals surface area contributed by atoms with Gasteiger partial charge in [0, 0.05) is 0 Å². The second-order valence-corrected chi connectivity index (χ2v) is 6.83. The smallest absolute Gasteiger partial charge is 0.374 e. The van der Waals surface area contributed by atoms with Gasteiger partial charge < -0.3 is 19.2 Å². The van der Waals surface area contributed by atoms with Crippen LogP contribution in [0.15, 0.2) is 71.1 Å². The number of rotatable bonds is 9. The molecule has 6 heteroatoms. The number of carbonyl (C=O) groups is 2. The van der Waals surface area contributed by atoms with Gasteiger partial charge in [0.25, 0.3) is 5.91 Å². The number of aryl methyl sites for hydroxylation is 1. The third kappa shape index (κ3) is 5.98. The molecule has 1 N–H and O–H groups in total. The summed E-state index contributed by atoms with van der Waals surface area (Å²) in [7, 11) is 0. The Balaban J connectivity index is 1.44. The van der Waals surface area contributed by atoms with Gasteiger partial charge in [0.1, 0.15) is 18.1 Å². The van der Waals surface area contributed by atoms with E-state index in [1.165, 1.54) is 11.6 Å². The molecular formula is C24H25NO5. The van der Waals surface area contributed by atoms with E-state index in [2.05, 4.69) is 12.2 Å². The molecular weight excluding hydrogens is 382 g/mol. The first kappa shape index (κ1) is 21.2. The zero-order valence-electron chi connectivity index (χ0n) is 17.1. The van der Waals surface area contributed by atoms with Crippen molar-refractivity contribution in [2.75, 3.05) is 6.61 Å². The summed E-state index contributed by atoms with van der Waals surface area (Å²) in [5, 5.41) is 2.82. The van der Waals surface area contributed by atoms with E-state index in [1.807, 2.05) is 61.5 Å². The molecule has 0 aliphatic heterocycles. The molecule has 1 aromatic heterocycles. The highest BCUT2D eigenvalue weighted by Gasteiger charge is 2.16. The number of benzene rings is 2. The number of ether oxygens (including phenoxy) is 2. The highest BCUT2D eigenvalue weighted by atomic mass is 16.6. The first-order valence-electron chi connectivity index (χ1n) is 9.87.